The van der Waals surface area contributed by atoms with Crippen LogP contribution in [0.2, 0.25) is 0 Å². The minimum Gasteiger partial charge on any atom is -0.316 e. The summed E-state index contributed by atoms with van der Waals surface area (Å²) in [5.41, 5.74) is 0.201. The summed E-state index contributed by atoms with van der Waals surface area (Å²) in [4.78, 5) is 0. The van der Waals surface area contributed by atoms with Gasteiger partial charge in [0.1, 0.15) is 0 Å². The minimum atomic E-state index is -3.03. The van der Waals surface area contributed by atoms with Crippen molar-refractivity contribution in [3.8, 4) is 0 Å². The Balaban J connectivity index is 2.34. The minimum absolute atomic E-state index is 0.201. The van der Waals surface area contributed by atoms with Crippen LogP contribution in [0.1, 0.15) is 33.1 Å². The molecule has 0 bridgehead atoms. The predicted molar refractivity (Wildman–Crippen MR) is 81.1 cm³/mol. The first kappa shape index (κ1) is 17.2. The van der Waals surface area contributed by atoms with Crippen LogP contribution in [0.25, 0.3) is 0 Å². The molecule has 1 aliphatic rings. The van der Waals surface area contributed by atoms with Crippen molar-refractivity contribution in [1.29, 1.82) is 0 Å². The van der Waals surface area contributed by atoms with Gasteiger partial charge in [-0.05, 0) is 37.1 Å². The summed E-state index contributed by atoms with van der Waals surface area (Å²) in [6.45, 7) is 7.54. The van der Waals surface area contributed by atoms with Crippen molar-refractivity contribution in [2.75, 3.05) is 38.3 Å². The van der Waals surface area contributed by atoms with Crippen molar-refractivity contribution in [3.05, 3.63) is 0 Å². The van der Waals surface area contributed by atoms with Crippen molar-refractivity contribution in [3.63, 3.8) is 0 Å². The number of hydrogen-bond acceptors (Lipinski definition) is 3. The summed E-state index contributed by atoms with van der Waals surface area (Å²) in [6.07, 6.45) is 4.35. The van der Waals surface area contributed by atoms with Crippen molar-refractivity contribution >= 4 is 21.6 Å². The fourth-order valence-electron chi connectivity index (χ4n) is 2.45. The number of piperidine rings is 1. The highest BCUT2D eigenvalue weighted by Gasteiger charge is 2.26. The molecule has 1 saturated heterocycles. The molecule has 1 fully saturated rings. The highest BCUT2D eigenvalue weighted by atomic mass is 35.5. The molecule has 114 valence electrons. The molecule has 1 rings (SSSR count). The van der Waals surface area contributed by atoms with E-state index in [4.69, 9.17) is 11.6 Å². The molecule has 4 nitrogen and oxygen atoms in total. The molecule has 19 heavy (non-hydrogen) atoms. The molecule has 0 aliphatic carbocycles. The summed E-state index contributed by atoms with van der Waals surface area (Å²) in [5.74, 6) is 1.11. The quantitative estimate of drug-likeness (QED) is 0.731. The fraction of sp³-hybridized carbons (Fsp3) is 1.00. The lowest BCUT2D eigenvalue weighted by atomic mass is 9.90. The van der Waals surface area contributed by atoms with Gasteiger partial charge < -0.3 is 5.32 Å². The number of halogens is 1. The third-order valence-electron chi connectivity index (χ3n) is 3.76. The second kappa shape index (κ2) is 7.25. The summed E-state index contributed by atoms with van der Waals surface area (Å²) in [5, 5.41) is 3.47. The van der Waals surface area contributed by atoms with Crippen LogP contribution in [0.3, 0.4) is 0 Å². The van der Waals surface area contributed by atoms with Gasteiger partial charge >= 0.3 is 0 Å². The predicted octanol–water partition coefficient (Wildman–Crippen LogP) is 1.90. The molecule has 0 amide bonds. The topological polar surface area (TPSA) is 49.4 Å². The van der Waals surface area contributed by atoms with Gasteiger partial charge in [-0.2, -0.15) is 0 Å². The maximum Gasteiger partial charge on any atom is 0.211 e. The van der Waals surface area contributed by atoms with Gasteiger partial charge in [0.05, 0.1) is 6.26 Å². The molecule has 6 heteroatoms. The van der Waals surface area contributed by atoms with E-state index in [9.17, 15) is 8.42 Å². The van der Waals surface area contributed by atoms with Gasteiger partial charge in [-0.3, -0.25) is 0 Å². The van der Waals surface area contributed by atoms with E-state index in [0.29, 0.717) is 24.9 Å². The lowest BCUT2D eigenvalue weighted by Gasteiger charge is -2.32. The highest BCUT2D eigenvalue weighted by Crippen LogP contribution is 2.21. The molecule has 1 aliphatic heterocycles. The van der Waals surface area contributed by atoms with E-state index in [1.165, 1.54) is 6.26 Å². The Bertz CT molecular complexity index is 371. The van der Waals surface area contributed by atoms with Gasteiger partial charge in [0.15, 0.2) is 0 Å². The average molecular weight is 311 g/mol. The SMILES string of the molecule is CC(C)(CCCl)CNCC1CCCN(S(C)(=O)=O)C1. The first-order valence-electron chi connectivity index (χ1n) is 6.96. The van der Waals surface area contributed by atoms with Crippen LogP contribution in [0.15, 0.2) is 0 Å². The largest absolute Gasteiger partial charge is 0.316 e. The van der Waals surface area contributed by atoms with Gasteiger partial charge in [0, 0.05) is 25.5 Å². The van der Waals surface area contributed by atoms with E-state index < -0.39 is 10.0 Å². The molecule has 0 saturated carbocycles. The lowest BCUT2D eigenvalue weighted by Crippen LogP contribution is -2.43. The van der Waals surface area contributed by atoms with E-state index >= 15 is 0 Å². The number of nitrogens with zero attached hydrogens (tertiary/aromatic N) is 1. The second-order valence-electron chi connectivity index (χ2n) is 6.36. The zero-order chi connectivity index (χ0) is 14.5. The van der Waals surface area contributed by atoms with Crippen LogP contribution in [-0.2, 0) is 10.0 Å². The lowest BCUT2D eigenvalue weighted by molar-refractivity contribution is 0.247. The summed E-state index contributed by atoms with van der Waals surface area (Å²) in [6, 6.07) is 0. The van der Waals surface area contributed by atoms with E-state index in [1.807, 2.05) is 0 Å². The third-order valence-corrected chi connectivity index (χ3v) is 5.22. The Labute approximate surface area is 122 Å². The third kappa shape index (κ3) is 6.43. The van der Waals surface area contributed by atoms with Gasteiger partial charge in [0.2, 0.25) is 10.0 Å². The average Bonchev–Trinajstić information content (AvgIpc) is 2.28. The first-order chi connectivity index (χ1) is 8.74. The Kier molecular flexibility index (Phi) is 6.57. The zero-order valence-corrected chi connectivity index (χ0v) is 13.9. The van der Waals surface area contributed by atoms with Crippen LogP contribution in [0.5, 0.6) is 0 Å². The molecule has 0 aromatic rings. The molecular weight excluding hydrogens is 284 g/mol. The van der Waals surface area contributed by atoms with Crippen LogP contribution >= 0.6 is 11.6 Å². The summed E-state index contributed by atoms with van der Waals surface area (Å²) in [7, 11) is -3.03. The molecule has 0 aromatic heterocycles. The highest BCUT2D eigenvalue weighted by molar-refractivity contribution is 7.88. The van der Waals surface area contributed by atoms with Crippen LogP contribution in [0, 0.1) is 11.3 Å². The molecule has 1 heterocycles. The Morgan fingerprint density at radius 2 is 2.11 bits per heavy atom. The first-order valence-corrected chi connectivity index (χ1v) is 9.35. The number of alkyl halides is 1. The molecule has 0 aromatic carbocycles. The maximum absolute atomic E-state index is 11.5. The molecule has 1 atom stereocenters. The number of rotatable bonds is 7. The zero-order valence-electron chi connectivity index (χ0n) is 12.3. The number of sulfonamides is 1. The van der Waals surface area contributed by atoms with Gasteiger partial charge in [-0.25, -0.2) is 12.7 Å². The van der Waals surface area contributed by atoms with Crippen molar-refractivity contribution < 1.29 is 8.42 Å². The Hall–Kier alpha value is 0.160. The van der Waals surface area contributed by atoms with Crippen LogP contribution in [0.4, 0.5) is 0 Å². The normalized spacial score (nSPS) is 22.6. The van der Waals surface area contributed by atoms with E-state index in [2.05, 4.69) is 19.2 Å². The van der Waals surface area contributed by atoms with Crippen LogP contribution < -0.4 is 5.32 Å². The van der Waals surface area contributed by atoms with Gasteiger partial charge in [-0.1, -0.05) is 13.8 Å². The fourth-order valence-corrected chi connectivity index (χ4v) is 3.91. The maximum atomic E-state index is 11.5. The Morgan fingerprint density at radius 1 is 1.42 bits per heavy atom. The smallest absolute Gasteiger partial charge is 0.211 e. The van der Waals surface area contributed by atoms with E-state index in [1.54, 1.807) is 4.31 Å². The summed E-state index contributed by atoms with van der Waals surface area (Å²) >= 11 is 5.78. The standard InChI is InChI=1S/C13H27ClN2O2S/c1-13(2,6-7-14)11-15-9-12-5-4-8-16(10-12)19(3,17)18/h12,15H,4-11H2,1-3H3. The molecule has 1 unspecified atom stereocenters. The van der Waals surface area contributed by atoms with Crippen molar-refractivity contribution in [2.45, 2.75) is 33.1 Å². The number of nitrogens with one attached hydrogen (secondary N) is 1. The van der Waals surface area contributed by atoms with Crippen molar-refractivity contribution in [1.82, 2.24) is 9.62 Å². The Morgan fingerprint density at radius 3 is 2.68 bits per heavy atom. The van der Waals surface area contributed by atoms with E-state index in [-0.39, 0.29) is 5.41 Å². The van der Waals surface area contributed by atoms with Gasteiger partial charge in [-0.15, -0.1) is 11.6 Å². The second-order valence-corrected chi connectivity index (χ2v) is 8.72. The van der Waals surface area contributed by atoms with Crippen molar-refractivity contribution in [2.24, 2.45) is 11.3 Å². The monoisotopic (exact) mass is 310 g/mol. The molecule has 1 N–H and O–H groups in total. The van der Waals surface area contributed by atoms with E-state index in [0.717, 1.165) is 32.4 Å². The number of hydrogen-bond donors (Lipinski definition) is 1. The summed E-state index contributed by atoms with van der Waals surface area (Å²) < 4.78 is 24.7. The van der Waals surface area contributed by atoms with Gasteiger partial charge in [0.25, 0.3) is 0 Å². The molecule has 0 radical (unpaired) electrons. The van der Waals surface area contributed by atoms with Crippen LogP contribution in [-0.4, -0.2) is 51.0 Å². The molecular formula is C13H27ClN2O2S. The molecule has 0 spiro atoms.